The number of phenols is 1. The van der Waals surface area contributed by atoms with Crippen molar-refractivity contribution in [3.05, 3.63) is 41.5 Å². The molecule has 0 spiro atoms. The molecule has 2 aliphatic rings. The molecule has 0 amide bonds. The Morgan fingerprint density at radius 1 is 0.926 bits per heavy atom. The van der Waals surface area contributed by atoms with Crippen molar-refractivity contribution in [3.8, 4) is 28.7 Å². The molecule has 2 heterocycles. The maximum absolute atomic E-state index is 10.8. The Bertz CT molecular complexity index is 816. The van der Waals surface area contributed by atoms with Crippen LogP contribution in [-0.4, -0.2) is 44.1 Å². The number of aromatic hydroxyl groups is 1. The molecule has 6 heteroatoms. The highest BCUT2D eigenvalue weighted by Gasteiger charge is 2.31. The number of piperidine rings is 1. The summed E-state index contributed by atoms with van der Waals surface area (Å²) in [6.07, 6.45) is 3.51. The smallest absolute Gasteiger partial charge is 0.231 e. The molecule has 0 saturated carbocycles. The monoisotopic (exact) mass is 371 g/mol. The molecule has 1 fully saturated rings. The maximum atomic E-state index is 10.8. The Kier molecular flexibility index (Phi) is 4.99. The van der Waals surface area contributed by atoms with Gasteiger partial charge in [0.2, 0.25) is 6.79 Å². The van der Waals surface area contributed by atoms with Crippen LogP contribution in [0.1, 0.15) is 36.4 Å². The van der Waals surface area contributed by atoms with E-state index in [9.17, 15) is 5.11 Å². The molecule has 4 rings (SSSR count). The molecule has 2 aromatic rings. The molecule has 1 saturated heterocycles. The lowest BCUT2D eigenvalue weighted by atomic mass is 9.93. The largest absolute Gasteiger partial charge is 0.507 e. The van der Waals surface area contributed by atoms with Gasteiger partial charge >= 0.3 is 0 Å². The molecule has 0 bridgehead atoms. The van der Waals surface area contributed by atoms with E-state index in [-0.39, 0.29) is 18.6 Å². The van der Waals surface area contributed by atoms with Crippen molar-refractivity contribution in [2.24, 2.45) is 0 Å². The molecule has 27 heavy (non-hydrogen) atoms. The Morgan fingerprint density at radius 3 is 2.37 bits per heavy atom. The van der Waals surface area contributed by atoms with Crippen LogP contribution in [0, 0.1) is 0 Å². The van der Waals surface area contributed by atoms with Gasteiger partial charge in [-0.15, -0.1) is 0 Å². The fourth-order valence-electron chi connectivity index (χ4n) is 3.95. The van der Waals surface area contributed by atoms with Gasteiger partial charge in [0.05, 0.1) is 20.3 Å². The van der Waals surface area contributed by atoms with E-state index in [2.05, 4.69) is 4.90 Å². The lowest BCUT2D eigenvalue weighted by molar-refractivity contribution is 0.173. The van der Waals surface area contributed by atoms with Crippen LogP contribution >= 0.6 is 0 Å². The highest BCUT2D eigenvalue weighted by molar-refractivity contribution is 5.56. The Hall–Kier alpha value is -2.60. The van der Waals surface area contributed by atoms with Gasteiger partial charge in [0.1, 0.15) is 17.2 Å². The topological polar surface area (TPSA) is 60.4 Å². The minimum Gasteiger partial charge on any atom is -0.507 e. The minimum atomic E-state index is -0.138. The van der Waals surface area contributed by atoms with Gasteiger partial charge in [0, 0.05) is 23.3 Å². The summed E-state index contributed by atoms with van der Waals surface area (Å²) < 4.78 is 22.0. The molecule has 0 radical (unpaired) electrons. The van der Waals surface area contributed by atoms with E-state index in [1.807, 2.05) is 24.3 Å². The summed E-state index contributed by atoms with van der Waals surface area (Å²) in [5.74, 6) is 2.92. The van der Waals surface area contributed by atoms with Crippen molar-refractivity contribution < 1.29 is 24.1 Å². The van der Waals surface area contributed by atoms with E-state index in [1.54, 1.807) is 20.3 Å². The van der Waals surface area contributed by atoms with Crippen molar-refractivity contribution in [1.82, 2.24) is 4.90 Å². The van der Waals surface area contributed by atoms with Gasteiger partial charge in [-0.3, -0.25) is 4.90 Å². The number of fused-ring (bicyclic) bond motifs is 1. The van der Waals surface area contributed by atoms with Gasteiger partial charge in [-0.05, 0) is 44.1 Å². The molecule has 2 aliphatic heterocycles. The zero-order chi connectivity index (χ0) is 18.8. The first-order valence-corrected chi connectivity index (χ1v) is 9.29. The number of benzene rings is 2. The predicted molar refractivity (Wildman–Crippen MR) is 101 cm³/mol. The molecule has 6 nitrogen and oxygen atoms in total. The number of nitrogens with zero attached hydrogens (tertiary/aromatic N) is 1. The third kappa shape index (κ3) is 3.37. The second-order valence-corrected chi connectivity index (χ2v) is 6.87. The van der Waals surface area contributed by atoms with E-state index < -0.39 is 0 Å². The van der Waals surface area contributed by atoms with Crippen LogP contribution in [0.3, 0.4) is 0 Å². The summed E-state index contributed by atoms with van der Waals surface area (Å²) in [7, 11) is 3.30. The summed E-state index contributed by atoms with van der Waals surface area (Å²) in [5, 5.41) is 10.8. The van der Waals surface area contributed by atoms with E-state index in [1.165, 1.54) is 6.42 Å². The van der Waals surface area contributed by atoms with Crippen molar-refractivity contribution in [2.75, 3.05) is 34.1 Å². The molecule has 0 unspecified atom stereocenters. The fourth-order valence-corrected chi connectivity index (χ4v) is 3.95. The Labute approximate surface area is 159 Å². The van der Waals surface area contributed by atoms with E-state index in [4.69, 9.17) is 18.9 Å². The number of hydrogen-bond acceptors (Lipinski definition) is 6. The first-order valence-electron chi connectivity index (χ1n) is 9.29. The minimum absolute atomic E-state index is 0.138. The van der Waals surface area contributed by atoms with Crippen molar-refractivity contribution in [2.45, 2.75) is 25.3 Å². The molecule has 0 aliphatic carbocycles. The summed E-state index contributed by atoms with van der Waals surface area (Å²) >= 11 is 0. The quantitative estimate of drug-likeness (QED) is 0.865. The van der Waals surface area contributed by atoms with Gasteiger partial charge in [-0.25, -0.2) is 0 Å². The van der Waals surface area contributed by atoms with Crippen LogP contribution in [0.2, 0.25) is 0 Å². The summed E-state index contributed by atoms with van der Waals surface area (Å²) in [6.45, 7) is 2.11. The van der Waals surface area contributed by atoms with Gasteiger partial charge in [0.15, 0.2) is 11.5 Å². The summed E-state index contributed by atoms with van der Waals surface area (Å²) in [5.41, 5.74) is 1.79. The van der Waals surface area contributed by atoms with Gasteiger partial charge in [-0.1, -0.05) is 6.42 Å². The number of methoxy groups -OCH3 is 2. The number of likely N-dealkylation sites (tertiary alicyclic amines) is 1. The second-order valence-electron chi connectivity index (χ2n) is 6.87. The lowest BCUT2D eigenvalue weighted by Gasteiger charge is -2.36. The molecule has 0 aromatic heterocycles. The zero-order valence-corrected chi connectivity index (χ0v) is 15.7. The van der Waals surface area contributed by atoms with Crippen LogP contribution in [0.4, 0.5) is 0 Å². The third-order valence-corrected chi connectivity index (χ3v) is 5.31. The molecular formula is C21H25NO5. The molecule has 144 valence electrons. The van der Waals surface area contributed by atoms with Crippen molar-refractivity contribution >= 4 is 0 Å². The number of phenolic OH excluding ortho intramolecular Hbond substituents is 1. The number of ether oxygens (including phenoxy) is 4. The number of rotatable bonds is 5. The number of hydrogen-bond donors (Lipinski definition) is 1. The van der Waals surface area contributed by atoms with Crippen molar-refractivity contribution in [3.63, 3.8) is 0 Å². The van der Waals surface area contributed by atoms with Crippen LogP contribution in [0.25, 0.3) is 0 Å². The Morgan fingerprint density at radius 2 is 1.67 bits per heavy atom. The average molecular weight is 371 g/mol. The normalized spacial score (nSPS) is 17.6. The maximum Gasteiger partial charge on any atom is 0.231 e. The van der Waals surface area contributed by atoms with Crippen LogP contribution in [0.15, 0.2) is 30.3 Å². The van der Waals surface area contributed by atoms with Gasteiger partial charge in [0.25, 0.3) is 0 Å². The SMILES string of the molecule is COc1ccc([C@@H](c2cc3c(cc2O)OCO3)N2CCCCC2)c(OC)c1. The highest BCUT2D eigenvalue weighted by atomic mass is 16.7. The zero-order valence-electron chi connectivity index (χ0n) is 15.7. The molecule has 1 atom stereocenters. The first kappa shape index (κ1) is 17.8. The molecular weight excluding hydrogens is 346 g/mol. The van der Waals surface area contributed by atoms with Crippen LogP contribution in [-0.2, 0) is 0 Å². The predicted octanol–water partition coefficient (Wildman–Crippen LogP) is 3.71. The third-order valence-electron chi connectivity index (χ3n) is 5.31. The van der Waals surface area contributed by atoms with Crippen LogP contribution in [0.5, 0.6) is 28.7 Å². The Balaban J connectivity index is 1.83. The second kappa shape index (κ2) is 7.56. The van der Waals surface area contributed by atoms with Crippen molar-refractivity contribution in [1.29, 1.82) is 0 Å². The summed E-state index contributed by atoms with van der Waals surface area (Å²) in [4.78, 5) is 2.39. The lowest BCUT2D eigenvalue weighted by Crippen LogP contribution is -2.34. The first-order chi connectivity index (χ1) is 13.2. The standard InChI is InChI=1S/C21H25NO5/c1-24-14-6-7-15(18(10-14)25-2)21(22-8-4-3-5-9-22)16-11-19-20(12-17(16)23)27-13-26-19/h6-7,10-12,21,23H,3-5,8-9,13H2,1-2H3/t21-/m0/s1. The van der Waals surface area contributed by atoms with Gasteiger partial charge < -0.3 is 24.1 Å². The van der Waals surface area contributed by atoms with E-state index >= 15 is 0 Å². The fraction of sp³-hybridized carbons (Fsp3) is 0.429. The van der Waals surface area contributed by atoms with E-state index in [0.717, 1.165) is 48.6 Å². The summed E-state index contributed by atoms with van der Waals surface area (Å²) in [6, 6.07) is 9.22. The average Bonchev–Trinajstić information content (AvgIpc) is 3.16. The van der Waals surface area contributed by atoms with Gasteiger partial charge in [-0.2, -0.15) is 0 Å². The highest BCUT2D eigenvalue weighted by Crippen LogP contribution is 2.45. The molecule has 2 aromatic carbocycles. The van der Waals surface area contributed by atoms with E-state index in [0.29, 0.717) is 11.5 Å². The molecule has 1 N–H and O–H groups in total. The van der Waals surface area contributed by atoms with Crippen LogP contribution < -0.4 is 18.9 Å².